The number of hydrogen-bond acceptors (Lipinski definition) is 6. The highest BCUT2D eigenvalue weighted by Gasteiger charge is 2.12. The van der Waals surface area contributed by atoms with Crippen LogP contribution in [0.2, 0.25) is 0 Å². The highest BCUT2D eigenvalue weighted by atomic mass is 32.1. The van der Waals surface area contributed by atoms with E-state index in [-0.39, 0.29) is 12.4 Å². The van der Waals surface area contributed by atoms with Gasteiger partial charge in [-0.1, -0.05) is 66.7 Å². The lowest BCUT2D eigenvalue weighted by atomic mass is 10.1. The molecule has 162 valence electrons. The van der Waals surface area contributed by atoms with Gasteiger partial charge >= 0.3 is 0 Å². The van der Waals surface area contributed by atoms with Crippen molar-refractivity contribution in [2.24, 2.45) is 0 Å². The van der Waals surface area contributed by atoms with E-state index in [1.165, 1.54) is 18.4 Å². The van der Waals surface area contributed by atoms with Gasteiger partial charge in [0.2, 0.25) is 0 Å². The van der Waals surface area contributed by atoms with Crippen molar-refractivity contribution < 1.29 is 14.3 Å². The SMILES string of the molecule is COc1cc(/C=C(/C#N)c2nc(-c3ccccc3)cs2)ccc1OCC(=O)c1ccccc1. The number of allylic oxidation sites excluding steroid dienone is 1. The molecule has 0 aliphatic rings. The van der Waals surface area contributed by atoms with Crippen molar-refractivity contribution in [1.29, 1.82) is 5.26 Å². The lowest BCUT2D eigenvalue weighted by Gasteiger charge is -2.11. The van der Waals surface area contributed by atoms with E-state index in [0.717, 1.165) is 16.8 Å². The Balaban J connectivity index is 1.52. The maximum Gasteiger partial charge on any atom is 0.200 e. The highest BCUT2D eigenvalue weighted by molar-refractivity contribution is 7.11. The van der Waals surface area contributed by atoms with E-state index < -0.39 is 0 Å². The molecular formula is C27H20N2O3S. The summed E-state index contributed by atoms with van der Waals surface area (Å²) in [6.07, 6.45) is 1.76. The maximum atomic E-state index is 12.3. The standard InChI is InChI=1S/C27H20N2O3S/c1-31-26-15-19(12-13-25(26)32-17-24(30)21-10-6-3-7-11-21)14-22(16-28)27-29-23(18-33-27)20-8-4-2-5-9-20/h2-15,18H,17H2,1H3/b22-14-. The fraction of sp³-hybridized carbons (Fsp3) is 0.0741. The molecule has 3 aromatic carbocycles. The van der Waals surface area contributed by atoms with Gasteiger partial charge in [0, 0.05) is 16.5 Å². The first-order chi connectivity index (χ1) is 16.2. The largest absolute Gasteiger partial charge is 0.493 e. The van der Waals surface area contributed by atoms with E-state index >= 15 is 0 Å². The minimum Gasteiger partial charge on any atom is -0.493 e. The number of rotatable bonds is 8. The number of benzene rings is 3. The summed E-state index contributed by atoms with van der Waals surface area (Å²) < 4.78 is 11.1. The third-order valence-corrected chi connectivity index (χ3v) is 5.75. The number of nitrogens with zero attached hydrogens (tertiary/aromatic N) is 2. The summed E-state index contributed by atoms with van der Waals surface area (Å²) >= 11 is 1.42. The van der Waals surface area contributed by atoms with Crippen LogP contribution in [0.1, 0.15) is 20.9 Å². The van der Waals surface area contributed by atoms with E-state index in [0.29, 0.717) is 27.6 Å². The Morgan fingerprint density at radius 3 is 2.45 bits per heavy atom. The molecule has 0 saturated carbocycles. The molecule has 1 heterocycles. The van der Waals surface area contributed by atoms with Gasteiger partial charge in [0.25, 0.3) is 0 Å². The second-order valence-corrected chi connectivity index (χ2v) is 7.92. The van der Waals surface area contributed by atoms with Crippen molar-refractivity contribution in [3.05, 3.63) is 100 Å². The van der Waals surface area contributed by atoms with Gasteiger partial charge in [-0.05, 0) is 23.8 Å². The molecule has 0 atom stereocenters. The summed E-state index contributed by atoms with van der Waals surface area (Å²) in [5.41, 5.74) is 3.65. The molecule has 4 rings (SSSR count). The van der Waals surface area contributed by atoms with Crippen molar-refractivity contribution in [2.75, 3.05) is 13.7 Å². The number of aromatic nitrogens is 1. The summed E-state index contributed by atoms with van der Waals surface area (Å²) in [4.78, 5) is 16.9. The number of thiazole rings is 1. The van der Waals surface area contributed by atoms with Crippen LogP contribution in [-0.4, -0.2) is 24.5 Å². The number of hydrogen-bond donors (Lipinski definition) is 0. The molecule has 0 saturated heterocycles. The molecule has 0 aliphatic carbocycles. The van der Waals surface area contributed by atoms with Gasteiger partial charge in [0.05, 0.1) is 18.4 Å². The van der Waals surface area contributed by atoms with Gasteiger partial charge in [0.15, 0.2) is 23.9 Å². The Morgan fingerprint density at radius 2 is 1.76 bits per heavy atom. The Morgan fingerprint density at radius 1 is 1.03 bits per heavy atom. The molecule has 0 spiro atoms. The summed E-state index contributed by atoms with van der Waals surface area (Å²) in [5.74, 6) is 0.815. The monoisotopic (exact) mass is 452 g/mol. The summed E-state index contributed by atoms with van der Waals surface area (Å²) in [5, 5.41) is 12.3. The molecule has 0 N–H and O–H groups in total. The van der Waals surface area contributed by atoms with Gasteiger partial charge < -0.3 is 9.47 Å². The highest BCUT2D eigenvalue weighted by Crippen LogP contribution is 2.31. The van der Waals surface area contributed by atoms with E-state index in [2.05, 4.69) is 11.1 Å². The molecule has 0 fully saturated rings. The van der Waals surface area contributed by atoms with Gasteiger partial charge in [0.1, 0.15) is 11.1 Å². The number of methoxy groups -OCH3 is 1. The Hall–Kier alpha value is -4.21. The first-order valence-electron chi connectivity index (χ1n) is 10.2. The van der Waals surface area contributed by atoms with Crippen molar-refractivity contribution in [2.45, 2.75) is 0 Å². The third kappa shape index (κ3) is 5.35. The molecule has 5 nitrogen and oxygen atoms in total. The fourth-order valence-electron chi connectivity index (χ4n) is 3.19. The van der Waals surface area contributed by atoms with E-state index in [9.17, 15) is 10.1 Å². The normalized spacial score (nSPS) is 11.0. The maximum absolute atomic E-state index is 12.3. The Bertz CT molecular complexity index is 1320. The van der Waals surface area contributed by atoms with Crippen LogP contribution >= 0.6 is 11.3 Å². The molecule has 4 aromatic rings. The van der Waals surface area contributed by atoms with Crippen molar-refractivity contribution in [3.63, 3.8) is 0 Å². The lowest BCUT2D eigenvalue weighted by molar-refractivity contribution is 0.0919. The van der Waals surface area contributed by atoms with Crippen LogP contribution in [0.15, 0.2) is 84.2 Å². The van der Waals surface area contributed by atoms with E-state index in [4.69, 9.17) is 9.47 Å². The smallest absolute Gasteiger partial charge is 0.200 e. The predicted octanol–water partition coefficient (Wildman–Crippen LogP) is 6.14. The van der Waals surface area contributed by atoms with Crippen LogP contribution in [-0.2, 0) is 0 Å². The molecule has 0 amide bonds. The number of carbonyl (C=O) groups is 1. The van der Waals surface area contributed by atoms with Crippen LogP contribution in [0.4, 0.5) is 0 Å². The molecule has 0 aliphatic heterocycles. The molecule has 0 bridgehead atoms. The zero-order valence-corrected chi connectivity index (χ0v) is 18.7. The summed E-state index contributed by atoms with van der Waals surface area (Å²) in [6, 6.07) is 26.4. The summed E-state index contributed by atoms with van der Waals surface area (Å²) in [7, 11) is 1.53. The second kappa shape index (κ2) is 10.4. The number of carbonyl (C=O) groups excluding carboxylic acids is 1. The van der Waals surface area contributed by atoms with Crippen LogP contribution in [0.25, 0.3) is 22.9 Å². The molecule has 6 heteroatoms. The Labute approximate surface area is 196 Å². The predicted molar refractivity (Wildman–Crippen MR) is 130 cm³/mol. The molecule has 1 aromatic heterocycles. The van der Waals surface area contributed by atoms with Crippen LogP contribution in [0.5, 0.6) is 11.5 Å². The van der Waals surface area contributed by atoms with Crippen LogP contribution in [0.3, 0.4) is 0 Å². The third-order valence-electron chi connectivity index (χ3n) is 4.88. The minimum absolute atomic E-state index is 0.0968. The van der Waals surface area contributed by atoms with Gasteiger partial charge in [-0.25, -0.2) is 4.98 Å². The molecular weight excluding hydrogens is 432 g/mol. The summed E-state index contributed by atoms with van der Waals surface area (Å²) in [6.45, 7) is -0.0968. The molecule has 33 heavy (non-hydrogen) atoms. The number of Topliss-reactive ketones (excluding diaryl/α,β-unsaturated/α-hetero) is 1. The van der Waals surface area contributed by atoms with E-state index in [1.807, 2.05) is 60.0 Å². The van der Waals surface area contributed by atoms with E-state index in [1.54, 1.807) is 30.3 Å². The van der Waals surface area contributed by atoms with Crippen LogP contribution in [0, 0.1) is 11.3 Å². The molecule has 0 radical (unpaired) electrons. The quantitative estimate of drug-likeness (QED) is 0.237. The van der Waals surface area contributed by atoms with Gasteiger partial charge in [-0.15, -0.1) is 11.3 Å². The second-order valence-electron chi connectivity index (χ2n) is 7.06. The zero-order valence-electron chi connectivity index (χ0n) is 17.9. The zero-order chi connectivity index (χ0) is 23.0. The van der Waals surface area contributed by atoms with Gasteiger partial charge in [-0.3, -0.25) is 4.79 Å². The average Bonchev–Trinajstić information content (AvgIpc) is 3.37. The molecule has 0 unspecified atom stereocenters. The fourth-order valence-corrected chi connectivity index (χ4v) is 3.99. The van der Waals surface area contributed by atoms with Crippen molar-refractivity contribution in [1.82, 2.24) is 4.98 Å². The first-order valence-corrected chi connectivity index (χ1v) is 11.1. The average molecular weight is 453 g/mol. The van der Waals surface area contributed by atoms with Gasteiger partial charge in [-0.2, -0.15) is 5.26 Å². The lowest BCUT2D eigenvalue weighted by Crippen LogP contribution is -2.11. The number of ether oxygens (including phenoxy) is 2. The topological polar surface area (TPSA) is 72.2 Å². The number of ketones is 1. The first kappa shape index (κ1) is 22.0. The van der Waals surface area contributed by atoms with Crippen molar-refractivity contribution >= 4 is 28.8 Å². The number of nitriles is 1. The Kier molecular flexibility index (Phi) is 6.93. The van der Waals surface area contributed by atoms with Crippen LogP contribution < -0.4 is 9.47 Å². The van der Waals surface area contributed by atoms with Crippen molar-refractivity contribution in [3.8, 4) is 28.8 Å². The minimum atomic E-state index is -0.119.